The number of nitrogens with one attached hydrogen (secondary N) is 3. The molecule has 7 nitrogen and oxygen atoms in total. The lowest BCUT2D eigenvalue weighted by molar-refractivity contribution is -0.122. The van der Waals surface area contributed by atoms with Crippen LogP contribution in [0.5, 0.6) is 0 Å². The summed E-state index contributed by atoms with van der Waals surface area (Å²) in [7, 11) is 1.41. The van der Waals surface area contributed by atoms with Crippen LogP contribution in [0.25, 0.3) is 0 Å². The van der Waals surface area contributed by atoms with Crippen LogP contribution >= 0.6 is 0 Å². The van der Waals surface area contributed by atoms with E-state index in [1.165, 1.54) is 19.2 Å². The second kappa shape index (κ2) is 9.16. The number of amides is 3. The second-order valence-corrected chi connectivity index (χ2v) is 8.03. The Morgan fingerprint density at radius 1 is 1.19 bits per heavy atom. The molecule has 31 heavy (non-hydrogen) atoms. The maximum absolute atomic E-state index is 14.2. The third-order valence-corrected chi connectivity index (χ3v) is 5.82. The Kier molecular flexibility index (Phi) is 6.58. The quantitative estimate of drug-likeness (QED) is 0.519. The maximum Gasteiger partial charge on any atom is 0.404 e. The minimum atomic E-state index is -1.23. The average molecular weight is 427 g/mol. The molecule has 1 saturated carbocycles. The van der Waals surface area contributed by atoms with Crippen LogP contribution < -0.4 is 16.0 Å². The van der Waals surface area contributed by atoms with Gasteiger partial charge in [-0.05, 0) is 36.1 Å². The molecule has 0 spiro atoms. The fraction of sp³-hybridized carbons (Fsp3) is 0.348. The van der Waals surface area contributed by atoms with Crippen molar-refractivity contribution in [3.8, 4) is 0 Å². The number of hydrogen-bond donors (Lipinski definition) is 4. The van der Waals surface area contributed by atoms with Gasteiger partial charge in [0.05, 0.1) is 11.6 Å². The lowest BCUT2D eigenvalue weighted by Gasteiger charge is -2.19. The third-order valence-electron chi connectivity index (χ3n) is 5.82. The van der Waals surface area contributed by atoms with Crippen molar-refractivity contribution in [1.29, 1.82) is 0 Å². The maximum atomic E-state index is 14.2. The van der Waals surface area contributed by atoms with E-state index in [4.69, 9.17) is 5.11 Å². The van der Waals surface area contributed by atoms with Gasteiger partial charge in [0, 0.05) is 24.9 Å². The minimum absolute atomic E-state index is 0.0747. The van der Waals surface area contributed by atoms with Gasteiger partial charge in [-0.15, -0.1) is 0 Å². The summed E-state index contributed by atoms with van der Waals surface area (Å²) in [6, 6.07) is 13.3. The van der Waals surface area contributed by atoms with E-state index in [1.807, 2.05) is 37.3 Å². The van der Waals surface area contributed by atoms with Gasteiger partial charge in [0.2, 0.25) is 5.91 Å². The monoisotopic (exact) mass is 427 g/mol. The molecule has 1 aliphatic carbocycles. The van der Waals surface area contributed by atoms with Crippen molar-refractivity contribution in [1.82, 2.24) is 16.0 Å². The number of carbonyl (C=O) groups is 3. The molecule has 3 amide bonds. The van der Waals surface area contributed by atoms with Gasteiger partial charge in [0.25, 0.3) is 5.91 Å². The molecule has 0 aliphatic heterocycles. The lowest BCUT2D eigenvalue weighted by atomic mass is 9.95. The van der Waals surface area contributed by atoms with Crippen LogP contribution in [0.15, 0.2) is 48.5 Å². The summed E-state index contributed by atoms with van der Waals surface area (Å²) in [5, 5.41) is 16.7. The lowest BCUT2D eigenvalue weighted by Crippen LogP contribution is -2.45. The summed E-state index contributed by atoms with van der Waals surface area (Å²) in [6.07, 6.45) is -0.341. The van der Waals surface area contributed by atoms with Gasteiger partial charge >= 0.3 is 6.09 Å². The zero-order valence-corrected chi connectivity index (χ0v) is 17.4. The summed E-state index contributed by atoms with van der Waals surface area (Å²) >= 11 is 0. The molecule has 2 aromatic rings. The van der Waals surface area contributed by atoms with E-state index in [0.29, 0.717) is 5.56 Å². The number of rotatable bonds is 8. The molecule has 8 heteroatoms. The molecular weight excluding hydrogens is 401 g/mol. The average Bonchev–Trinajstić information content (AvgIpc) is 3.45. The highest BCUT2D eigenvalue weighted by atomic mass is 19.1. The van der Waals surface area contributed by atoms with Crippen molar-refractivity contribution in [2.75, 3.05) is 13.6 Å². The van der Waals surface area contributed by atoms with Gasteiger partial charge in [0.15, 0.2) is 0 Å². The molecule has 2 aromatic carbocycles. The zero-order valence-electron chi connectivity index (χ0n) is 17.4. The standard InChI is InChI=1S/C23H26FN3O4/c1-23(15-6-4-3-5-7-15)12-18(23)21(29)26-13-16(27-22(30)31)10-14-8-9-17(19(24)11-14)20(28)25-2/h3-9,11,16,18,27H,10,12-13H2,1-2H3,(H,25,28)(H,26,29)(H,30,31)/t16?,18-,23-/m0/s1. The fourth-order valence-electron chi connectivity index (χ4n) is 3.87. The molecule has 1 fully saturated rings. The molecule has 3 rings (SSSR count). The van der Waals surface area contributed by atoms with E-state index in [2.05, 4.69) is 16.0 Å². The summed E-state index contributed by atoms with van der Waals surface area (Å²) in [5.41, 5.74) is 1.30. The molecule has 4 N–H and O–H groups in total. The third kappa shape index (κ3) is 5.20. The van der Waals surface area contributed by atoms with Crippen molar-refractivity contribution in [2.24, 2.45) is 5.92 Å². The van der Waals surface area contributed by atoms with Gasteiger partial charge in [-0.1, -0.05) is 43.3 Å². The van der Waals surface area contributed by atoms with Crippen LogP contribution in [0.3, 0.4) is 0 Å². The number of benzene rings is 2. The number of halogens is 1. The van der Waals surface area contributed by atoms with Crippen molar-refractivity contribution in [2.45, 2.75) is 31.2 Å². The summed E-state index contributed by atoms with van der Waals surface area (Å²) < 4.78 is 14.2. The molecular formula is C23H26FN3O4. The van der Waals surface area contributed by atoms with Crippen molar-refractivity contribution < 1.29 is 23.9 Å². The van der Waals surface area contributed by atoms with Crippen LogP contribution in [0, 0.1) is 11.7 Å². The molecule has 0 bridgehead atoms. The van der Waals surface area contributed by atoms with E-state index in [9.17, 15) is 18.8 Å². The number of carbonyl (C=O) groups excluding carboxylic acids is 2. The summed E-state index contributed by atoms with van der Waals surface area (Å²) in [6.45, 7) is 2.11. The van der Waals surface area contributed by atoms with Crippen LogP contribution in [0.1, 0.15) is 34.8 Å². The van der Waals surface area contributed by atoms with Crippen molar-refractivity contribution in [3.63, 3.8) is 0 Å². The predicted octanol–water partition coefficient (Wildman–Crippen LogP) is 2.46. The Hall–Kier alpha value is -3.42. The molecule has 0 aromatic heterocycles. The number of carboxylic acid groups (broad SMARTS) is 1. The highest BCUT2D eigenvalue weighted by Crippen LogP contribution is 2.53. The van der Waals surface area contributed by atoms with E-state index < -0.39 is 23.9 Å². The smallest absolute Gasteiger partial charge is 0.404 e. The summed E-state index contributed by atoms with van der Waals surface area (Å²) in [5.74, 6) is -1.54. The Balaban J connectivity index is 1.62. The zero-order chi connectivity index (χ0) is 22.6. The summed E-state index contributed by atoms with van der Waals surface area (Å²) in [4.78, 5) is 35.5. The SMILES string of the molecule is CNC(=O)c1ccc(CC(CNC(=O)[C@@H]2C[C@@]2(C)c2ccccc2)NC(=O)O)cc1F. The van der Waals surface area contributed by atoms with Crippen LogP contribution in [-0.4, -0.2) is 42.6 Å². The Morgan fingerprint density at radius 2 is 1.90 bits per heavy atom. The molecule has 0 saturated heterocycles. The number of hydrogen-bond acceptors (Lipinski definition) is 3. The highest BCUT2D eigenvalue weighted by molar-refractivity contribution is 5.94. The Labute approximate surface area is 180 Å². The van der Waals surface area contributed by atoms with Gasteiger partial charge in [-0.25, -0.2) is 9.18 Å². The van der Waals surface area contributed by atoms with Gasteiger partial charge < -0.3 is 21.1 Å². The van der Waals surface area contributed by atoms with E-state index in [0.717, 1.165) is 12.0 Å². The second-order valence-electron chi connectivity index (χ2n) is 8.03. The molecule has 0 heterocycles. The van der Waals surface area contributed by atoms with E-state index in [1.54, 1.807) is 6.07 Å². The first-order chi connectivity index (χ1) is 14.7. The molecule has 164 valence electrons. The highest BCUT2D eigenvalue weighted by Gasteiger charge is 2.55. The van der Waals surface area contributed by atoms with Crippen LogP contribution in [0.2, 0.25) is 0 Å². The predicted molar refractivity (Wildman–Crippen MR) is 113 cm³/mol. The van der Waals surface area contributed by atoms with Crippen LogP contribution in [-0.2, 0) is 16.6 Å². The van der Waals surface area contributed by atoms with Gasteiger partial charge in [0.1, 0.15) is 5.82 Å². The normalized spacial score (nSPS) is 20.4. The molecule has 1 unspecified atom stereocenters. The van der Waals surface area contributed by atoms with Crippen LogP contribution in [0.4, 0.5) is 9.18 Å². The molecule has 1 aliphatic rings. The van der Waals surface area contributed by atoms with Crippen molar-refractivity contribution in [3.05, 3.63) is 71.0 Å². The van der Waals surface area contributed by atoms with E-state index in [-0.39, 0.29) is 35.8 Å². The van der Waals surface area contributed by atoms with Gasteiger partial charge in [-0.2, -0.15) is 0 Å². The molecule has 0 radical (unpaired) electrons. The Bertz CT molecular complexity index is 982. The first kappa shape index (κ1) is 22.3. The van der Waals surface area contributed by atoms with Gasteiger partial charge in [-0.3, -0.25) is 9.59 Å². The first-order valence-electron chi connectivity index (χ1n) is 10.1. The largest absolute Gasteiger partial charge is 0.465 e. The minimum Gasteiger partial charge on any atom is -0.465 e. The van der Waals surface area contributed by atoms with E-state index >= 15 is 0 Å². The topological polar surface area (TPSA) is 108 Å². The van der Waals surface area contributed by atoms with Crippen molar-refractivity contribution >= 4 is 17.9 Å². The Morgan fingerprint density at radius 3 is 2.52 bits per heavy atom. The first-order valence-corrected chi connectivity index (χ1v) is 10.1. The fourth-order valence-corrected chi connectivity index (χ4v) is 3.87. The molecule has 3 atom stereocenters.